The molecular formula is C26H32N2O. The van der Waals surface area contributed by atoms with Crippen molar-refractivity contribution >= 4 is 16.7 Å². The van der Waals surface area contributed by atoms with Crippen molar-refractivity contribution in [2.24, 2.45) is 0 Å². The molecule has 0 fully saturated rings. The van der Waals surface area contributed by atoms with E-state index in [0.29, 0.717) is 13.0 Å². The fourth-order valence-electron chi connectivity index (χ4n) is 3.80. The molecule has 1 N–H and O–H groups in total. The largest absolute Gasteiger partial charge is 0.352 e. The lowest BCUT2D eigenvalue weighted by molar-refractivity contribution is -0.121. The highest BCUT2D eigenvalue weighted by Gasteiger charge is 2.09. The van der Waals surface area contributed by atoms with Gasteiger partial charge < -0.3 is 5.32 Å². The summed E-state index contributed by atoms with van der Waals surface area (Å²) in [4.78, 5) is 16.6. The zero-order valence-electron chi connectivity index (χ0n) is 17.5. The topological polar surface area (TPSA) is 42.0 Å². The molecule has 0 saturated carbocycles. The number of carbonyl (C=O) groups excluding carboxylic acids is 1. The summed E-state index contributed by atoms with van der Waals surface area (Å²) in [5, 5.41) is 5.37. The van der Waals surface area contributed by atoms with Crippen LogP contribution in [0.15, 0.2) is 60.9 Å². The van der Waals surface area contributed by atoms with Gasteiger partial charge in [0.25, 0.3) is 0 Å². The highest BCUT2D eigenvalue weighted by atomic mass is 16.1. The molecule has 3 aromatic rings. The van der Waals surface area contributed by atoms with Crippen molar-refractivity contribution in [1.82, 2.24) is 10.3 Å². The van der Waals surface area contributed by atoms with E-state index < -0.39 is 0 Å². The number of nitrogens with one attached hydrogen (secondary N) is 1. The van der Waals surface area contributed by atoms with Crippen LogP contribution in [0.4, 0.5) is 0 Å². The summed E-state index contributed by atoms with van der Waals surface area (Å²) in [6.45, 7) is 2.78. The lowest BCUT2D eigenvalue weighted by Crippen LogP contribution is -2.22. The third-order valence-corrected chi connectivity index (χ3v) is 5.48. The highest BCUT2D eigenvalue weighted by Crippen LogP contribution is 2.30. The Morgan fingerprint density at radius 1 is 0.862 bits per heavy atom. The molecule has 0 aliphatic heterocycles. The van der Waals surface area contributed by atoms with Gasteiger partial charge in [0.05, 0.1) is 0 Å². The molecule has 0 aliphatic carbocycles. The minimum absolute atomic E-state index is 0.141. The first-order valence-corrected chi connectivity index (χ1v) is 11.0. The van der Waals surface area contributed by atoms with Gasteiger partial charge in [-0.2, -0.15) is 0 Å². The number of rotatable bonds is 11. The molecule has 0 spiro atoms. The number of hydrogen-bond donors (Lipinski definition) is 1. The molecule has 152 valence electrons. The zero-order chi connectivity index (χ0) is 20.3. The minimum Gasteiger partial charge on any atom is -0.352 e. The van der Waals surface area contributed by atoms with E-state index >= 15 is 0 Å². The lowest BCUT2D eigenvalue weighted by Gasteiger charge is -2.12. The number of pyridine rings is 1. The molecule has 0 aliphatic rings. The number of hydrogen-bond acceptors (Lipinski definition) is 2. The van der Waals surface area contributed by atoms with Gasteiger partial charge in [0, 0.05) is 30.7 Å². The van der Waals surface area contributed by atoms with Crippen LogP contribution in [0.2, 0.25) is 0 Å². The van der Waals surface area contributed by atoms with Crippen LogP contribution < -0.4 is 5.32 Å². The average Bonchev–Trinajstić information content (AvgIpc) is 2.77. The van der Waals surface area contributed by atoms with Crippen LogP contribution in [-0.2, 0) is 11.3 Å². The molecule has 0 unspecified atom stereocenters. The van der Waals surface area contributed by atoms with Gasteiger partial charge in [-0.15, -0.1) is 0 Å². The molecule has 3 rings (SSSR count). The van der Waals surface area contributed by atoms with Gasteiger partial charge in [-0.3, -0.25) is 9.78 Å². The summed E-state index contributed by atoms with van der Waals surface area (Å²) in [5.74, 6) is 0.141. The number of aromatic nitrogens is 1. The van der Waals surface area contributed by atoms with E-state index in [0.717, 1.165) is 23.8 Å². The second-order valence-corrected chi connectivity index (χ2v) is 7.71. The average molecular weight is 389 g/mol. The van der Waals surface area contributed by atoms with E-state index in [1.807, 2.05) is 18.5 Å². The quantitative estimate of drug-likeness (QED) is 0.373. The summed E-state index contributed by atoms with van der Waals surface area (Å²) >= 11 is 0. The Morgan fingerprint density at radius 3 is 2.41 bits per heavy atom. The van der Waals surface area contributed by atoms with Crippen LogP contribution in [0.25, 0.3) is 21.9 Å². The standard InChI is InChI=1S/C26H32N2O/c1-2-3-4-5-6-7-11-14-26(29)28-19-22-15-16-23(21-12-9-8-10-13-21)24-17-18-27-20-25(22)24/h8-10,12-13,15-18,20H,2-7,11,14,19H2,1H3,(H,28,29). The first kappa shape index (κ1) is 21.0. The van der Waals surface area contributed by atoms with Crippen LogP contribution in [0.5, 0.6) is 0 Å². The van der Waals surface area contributed by atoms with Gasteiger partial charge in [0.1, 0.15) is 0 Å². The molecule has 0 bridgehead atoms. The van der Waals surface area contributed by atoms with Crippen molar-refractivity contribution in [3.05, 3.63) is 66.5 Å². The van der Waals surface area contributed by atoms with Crippen LogP contribution in [0.1, 0.15) is 63.9 Å². The Hall–Kier alpha value is -2.68. The summed E-state index contributed by atoms with van der Waals surface area (Å²) in [6.07, 6.45) is 12.9. The third kappa shape index (κ3) is 6.15. The first-order valence-electron chi connectivity index (χ1n) is 11.0. The van der Waals surface area contributed by atoms with E-state index in [-0.39, 0.29) is 5.91 Å². The van der Waals surface area contributed by atoms with Crippen molar-refractivity contribution in [3.63, 3.8) is 0 Å². The molecule has 1 heterocycles. The van der Waals surface area contributed by atoms with E-state index in [2.05, 4.69) is 59.7 Å². The van der Waals surface area contributed by atoms with Gasteiger partial charge >= 0.3 is 0 Å². The summed E-state index contributed by atoms with van der Waals surface area (Å²) in [6, 6.07) is 16.7. The molecule has 0 saturated heterocycles. The van der Waals surface area contributed by atoms with E-state index in [9.17, 15) is 4.79 Å². The molecular weight excluding hydrogens is 356 g/mol. The number of nitrogens with zero attached hydrogens (tertiary/aromatic N) is 1. The Labute approximate surface area is 174 Å². The minimum atomic E-state index is 0.141. The van der Waals surface area contributed by atoms with Crippen molar-refractivity contribution in [1.29, 1.82) is 0 Å². The maximum Gasteiger partial charge on any atom is 0.220 e. The SMILES string of the molecule is CCCCCCCCCC(=O)NCc1ccc(-c2ccccc2)c2ccncc12. The lowest BCUT2D eigenvalue weighted by atomic mass is 9.96. The number of carbonyl (C=O) groups is 1. The van der Waals surface area contributed by atoms with Crippen LogP contribution >= 0.6 is 0 Å². The number of unbranched alkanes of at least 4 members (excludes halogenated alkanes) is 6. The van der Waals surface area contributed by atoms with Gasteiger partial charge in [-0.05, 0) is 34.6 Å². The molecule has 0 radical (unpaired) electrons. The third-order valence-electron chi connectivity index (χ3n) is 5.48. The van der Waals surface area contributed by atoms with Gasteiger partial charge in [-0.1, -0.05) is 87.9 Å². The summed E-state index contributed by atoms with van der Waals surface area (Å²) in [5.41, 5.74) is 3.50. The molecule has 29 heavy (non-hydrogen) atoms. The Bertz CT molecular complexity index is 905. The summed E-state index contributed by atoms with van der Waals surface area (Å²) in [7, 11) is 0. The van der Waals surface area contributed by atoms with Gasteiger partial charge in [0.2, 0.25) is 5.91 Å². The second-order valence-electron chi connectivity index (χ2n) is 7.71. The van der Waals surface area contributed by atoms with Crippen molar-refractivity contribution < 1.29 is 4.79 Å². The molecule has 3 heteroatoms. The Morgan fingerprint density at radius 2 is 1.62 bits per heavy atom. The predicted molar refractivity (Wildman–Crippen MR) is 122 cm³/mol. The smallest absolute Gasteiger partial charge is 0.220 e. The summed E-state index contributed by atoms with van der Waals surface area (Å²) < 4.78 is 0. The fourth-order valence-corrected chi connectivity index (χ4v) is 3.80. The monoisotopic (exact) mass is 388 g/mol. The van der Waals surface area contributed by atoms with Gasteiger partial charge in [0.15, 0.2) is 0 Å². The first-order chi connectivity index (χ1) is 14.3. The van der Waals surface area contributed by atoms with Crippen molar-refractivity contribution in [2.45, 2.75) is 64.8 Å². The number of benzene rings is 2. The number of amides is 1. The highest BCUT2D eigenvalue weighted by molar-refractivity contribution is 5.98. The fraction of sp³-hybridized carbons (Fsp3) is 0.385. The zero-order valence-corrected chi connectivity index (χ0v) is 17.5. The van der Waals surface area contributed by atoms with E-state index in [4.69, 9.17) is 0 Å². The van der Waals surface area contributed by atoms with Crippen LogP contribution in [0.3, 0.4) is 0 Å². The Balaban J connectivity index is 1.56. The molecule has 2 aromatic carbocycles. The normalized spacial score (nSPS) is 10.9. The molecule has 3 nitrogen and oxygen atoms in total. The van der Waals surface area contributed by atoms with Crippen molar-refractivity contribution in [3.8, 4) is 11.1 Å². The van der Waals surface area contributed by atoms with Crippen LogP contribution in [0, 0.1) is 0 Å². The second kappa shape index (κ2) is 11.4. The molecule has 1 aromatic heterocycles. The van der Waals surface area contributed by atoms with E-state index in [1.165, 1.54) is 48.6 Å². The van der Waals surface area contributed by atoms with Crippen molar-refractivity contribution in [2.75, 3.05) is 0 Å². The molecule has 1 amide bonds. The van der Waals surface area contributed by atoms with Gasteiger partial charge in [-0.25, -0.2) is 0 Å². The Kier molecular flexibility index (Phi) is 8.24. The maximum atomic E-state index is 12.2. The number of fused-ring (bicyclic) bond motifs is 1. The predicted octanol–water partition coefficient (Wildman–Crippen LogP) is 6.66. The maximum absolute atomic E-state index is 12.2. The van der Waals surface area contributed by atoms with E-state index in [1.54, 1.807) is 0 Å². The van der Waals surface area contributed by atoms with Crippen LogP contribution in [-0.4, -0.2) is 10.9 Å². The molecule has 0 atom stereocenters.